The van der Waals surface area contributed by atoms with Crippen LogP contribution < -0.4 is 4.90 Å². The maximum absolute atomic E-state index is 12.5. The summed E-state index contributed by atoms with van der Waals surface area (Å²) in [6.07, 6.45) is 1.05. The molecule has 0 radical (unpaired) electrons. The second-order valence-electron chi connectivity index (χ2n) is 7.13. The molecule has 0 aliphatic carbocycles. The van der Waals surface area contributed by atoms with Crippen LogP contribution in [0.1, 0.15) is 17.1 Å². The first-order valence-corrected chi connectivity index (χ1v) is 9.58. The summed E-state index contributed by atoms with van der Waals surface area (Å²) in [4.78, 5) is 21.4. The molecule has 3 heterocycles. The van der Waals surface area contributed by atoms with Gasteiger partial charge in [-0.25, -0.2) is 4.98 Å². The van der Waals surface area contributed by atoms with Crippen molar-refractivity contribution < 1.29 is 9.53 Å². The summed E-state index contributed by atoms with van der Waals surface area (Å²) in [5.41, 5.74) is 2.11. The minimum absolute atomic E-state index is 0.00701. The summed E-state index contributed by atoms with van der Waals surface area (Å²) in [6, 6.07) is 9.94. The van der Waals surface area contributed by atoms with Gasteiger partial charge in [0.25, 0.3) is 5.91 Å². The van der Waals surface area contributed by atoms with Gasteiger partial charge >= 0.3 is 0 Å². The lowest BCUT2D eigenvalue weighted by Crippen LogP contribution is -2.42. The maximum Gasteiger partial charge on any atom is 0.252 e. The van der Waals surface area contributed by atoms with Crippen molar-refractivity contribution in [1.82, 2.24) is 9.88 Å². The Bertz CT molecular complexity index is 748. The van der Waals surface area contributed by atoms with Gasteiger partial charge in [0, 0.05) is 36.1 Å². The summed E-state index contributed by atoms with van der Waals surface area (Å²) in [5, 5.41) is 3.26. The number of benzene rings is 1. The molecule has 0 N–H and O–H groups in total. The Hall–Kier alpha value is -1.76. The minimum Gasteiger partial charge on any atom is -0.371 e. The van der Waals surface area contributed by atoms with E-state index in [9.17, 15) is 4.79 Å². The molecule has 0 bridgehead atoms. The highest BCUT2D eigenvalue weighted by Crippen LogP contribution is 2.35. The molecule has 0 saturated carbocycles. The van der Waals surface area contributed by atoms with E-state index >= 15 is 0 Å². The summed E-state index contributed by atoms with van der Waals surface area (Å²) in [5.74, 6) is 0.0525. The standard InChI is InChI=1S/C19H23N3O2S/c1-15-20-16(11-25-15)9-21-8-7-19(12-21)13-22(18(23)10-24-14-19)17-5-3-2-4-6-17/h2-6,11H,7-10,12-14H2,1H3. The third kappa shape index (κ3) is 3.61. The second-order valence-corrected chi connectivity index (χ2v) is 8.19. The molecule has 4 rings (SSSR count). The van der Waals surface area contributed by atoms with E-state index in [4.69, 9.17) is 4.74 Å². The van der Waals surface area contributed by atoms with Crippen LogP contribution >= 0.6 is 11.3 Å². The molecule has 25 heavy (non-hydrogen) atoms. The van der Waals surface area contributed by atoms with Crippen molar-refractivity contribution >= 4 is 22.9 Å². The first kappa shape index (κ1) is 16.7. The largest absolute Gasteiger partial charge is 0.371 e. The van der Waals surface area contributed by atoms with Crippen LogP contribution in [-0.2, 0) is 16.1 Å². The molecule has 6 heteroatoms. The number of hydrogen-bond acceptors (Lipinski definition) is 5. The Morgan fingerprint density at radius 3 is 2.88 bits per heavy atom. The quantitative estimate of drug-likeness (QED) is 0.847. The average molecular weight is 357 g/mol. The number of ether oxygens (including phenoxy) is 1. The van der Waals surface area contributed by atoms with Crippen molar-refractivity contribution in [2.75, 3.05) is 37.7 Å². The summed E-state index contributed by atoms with van der Waals surface area (Å²) < 4.78 is 5.77. The highest BCUT2D eigenvalue weighted by molar-refractivity contribution is 7.09. The number of nitrogens with zero attached hydrogens (tertiary/aromatic N) is 3. The fraction of sp³-hybridized carbons (Fsp3) is 0.474. The number of para-hydroxylation sites is 1. The van der Waals surface area contributed by atoms with E-state index in [2.05, 4.69) is 15.3 Å². The Morgan fingerprint density at radius 2 is 2.12 bits per heavy atom. The molecule has 2 fully saturated rings. The zero-order chi connectivity index (χ0) is 17.3. The van der Waals surface area contributed by atoms with Gasteiger partial charge in [0.2, 0.25) is 0 Å². The fourth-order valence-corrected chi connectivity index (χ4v) is 4.47. The highest BCUT2D eigenvalue weighted by Gasteiger charge is 2.43. The number of anilines is 1. The molecule has 2 saturated heterocycles. The van der Waals surface area contributed by atoms with E-state index < -0.39 is 0 Å². The molecule has 2 aliphatic heterocycles. The average Bonchev–Trinajstić information content (AvgIpc) is 3.15. The second kappa shape index (κ2) is 6.86. The molecule has 1 unspecified atom stereocenters. The molecule has 1 atom stereocenters. The number of rotatable bonds is 3. The Kier molecular flexibility index (Phi) is 4.58. The number of aromatic nitrogens is 1. The molecule has 1 aromatic heterocycles. The molecule has 5 nitrogen and oxygen atoms in total. The van der Waals surface area contributed by atoms with E-state index in [1.165, 1.54) is 0 Å². The van der Waals surface area contributed by atoms with E-state index in [0.29, 0.717) is 6.61 Å². The topological polar surface area (TPSA) is 45.7 Å². The number of hydrogen-bond donors (Lipinski definition) is 0. The van der Waals surface area contributed by atoms with Crippen molar-refractivity contribution in [2.45, 2.75) is 19.9 Å². The monoisotopic (exact) mass is 357 g/mol. The Morgan fingerprint density at radius 1 is 1.28 bits per heavy atom. The van der Waals surface area contributed by atoms with Gasteiger partial charge in [-0.05, 0) is 32.0 Å². The summed E-state index contributed by atoms with van der Waals surface area (Å²) in [7, 11) is 0. The lowest BCUT2D eigenvalue weighted by molar-refractivity contribution is -0.122. The normalized spacial score (nSPS) is 24.8. The van der Waals surface area contributed by atoms with Gasteiger partial charge in [-0.3, -0.25) is 9.69 Å². The predicted octanol–water partition coefficient (Wildman–Crippen LogP) is 2.71. The number of amides is 1. The first-order chi connectivity index (χ1) is 12.1. The summed E-state index contributed by atoms with van der Waals surface area (Å²) in [6.45, 7) is 6.43. The van der Waals surface area contributed by atoms with Crippen LogP contribution in [0.3, 0.4) is 0 Å². The van der Waals surface area contributed by atoms with Crippen LogP contribution in [0.15, 0.2) is 35.7 Å². The number of thiazole rings is 1. The van der Waals surface area contributed by atoms with Gasteiger partial charge in [0.05, 0.1) is 17.3 Å². The predicted molar refractivity (Wildman–Crippen MR) is 98.8 cm³/mol. The van der Waals surface area contributed by atoms with Gasteiger partial charge < -0.3 is 9.64 Å². The SMILES string of the molecule is Cc1nc(CN2CCC3(COCC(=O)N(c4ccccc4)C3)C2)cs1. The van der Waals surface area contributed by atoms with E-state index in [1.54, 1.807) is 11.3 Å². The highest BCUT2D eigenvalue weighted by atomic mass is 32.1. The van der Waals surface area contributed by atoms with Gasteiger partial charge in [-0.1, -0.05) is 18.2 Å². The molecule has 2 aromatic rings. The van der Waals surface area contributed by atoms with Crippen molar-refractivity contribution in [3.8, 4) is 0 Å². The van der Waals surface area contributed by atoms with Gasteiger partial charge in [-0.2, -0.15) is 0 Å². The Balaban J connectivity index is 1.50. The third-order valence-electron chi connectivity index (χ3n) is 5.07. The van der Waals surface area contributed by atoms with Crippen LogP contribution in [0.5, 0.6) is 0 Å². The molecular weight excluding hydrogens is 334 g/mol. The molecule has 1 aromatic carbocycles. The fourth-order valence-electron chi connectivity index (χ4n) is 3.86. The maximum atomic E-state index is 12.5. The Labute approximate surface area is 152 Å². The first-order valence-electron chi connectivity index (χ1n) is 8.70. The van der Waals surface area contributed by atoms with Gasteiger partial charge in [-0.15, -0.1) is 11.3 Å². The number of likely N-dealkylation sites (tertiary alicyclic amines) is 1. The van der Waals surface area contributed by atoms with Crippen LogP contribution in [0.25, 0.3) is 0 Å². The molecule has 1 amide bonds. The molecule has 2 aliphatic rings. The van der Waals surface area contributed by atoms with Crippen LogP contribution in [0.4, 0.5) is 5.69 Å². The van der Waals surface area contributed by atoms with Crippen molar-refractivity contribution in [1.29, 1.82) is 0 Å². The van der Waals surface area contributed by atoms with Gasteiger partial charge in [0.1, 0.15) is 6.61 Å². The van der Waals surface area contributed by atoms with Crippen LogP contribution in [-0.4, -0.2) is 48.6 Å². The van der Waals surface area contributed by atoms with Crippen molar-refractivity contribution in [3.63, 3.8) is 0 Å². The molecule has 1 spiro atoms. The van der Waals surface area contributed by atoms with E-state index in [-0.39, 0.29) is 17.9 Å². The number of carbonyl (C=O) groups is 1. The summed E-state index contributed by atoms with van der Waals surface area (Å²) >= 11 is 1.70. The van der Waals surface area contributed by atoms with Gasteiger partial charge in [0.15, 0.2) is 0 Å². The lowest BCUT2D eigenvalue weighted by Gasteiger charge is -2.32. The zero-order valence-electron chi connectivity index (χ0n) is 14.5. The third-order valence-corrected chi connectivity index (χ3v) is 5.89. The smallest absolute Gasteiger partial charge is 0.252 e. The number of aryl methyl sites for hydroxylation is 1. The zero-order valence-corrected chi connectivity index (χ0v) is 15.3. The van der Waals surface area contributed by atoms with Crippen LogP contribution in [0, 0.1) is 12.3 Å². The van der Waals surface area contributed by atoms with E-state index in [1.807, 2.05) is 42.2 Å². The van der Waals surface area contributed by atoms with Crippen molar-refractivity contribution in [3.05, 3.63) is 46.4 Å². The molecule has 132 valence electrons. The molecular formula is C19H23N3O2S. The number of carbonyl (C=O) groups excluding carboxylic acids is 1. The van der Waals surface area contributed by atoms with Crippen LogP contribution in [0.2, 0.25) is 0 Å². The van der Waals surface area contributed by atoms with E-state index in [0.717, 1.165) is 49.0 Å². The van der Waals surface area contributed by atoms with Crippen molar-refractivity contribution in [2.24, 2.45) is 5.41 Å². The minimum atomic E-state index is 0.00701. The lowest BCUT2D eigenvalue weighted by atomic mass is 9.87.